The molecule has 3 heteroatoms. The van der Waals surface area contributed by atoms with Gasteiger partial charge in [-0.05, 0) is 27.7 Å². The number of nitrogens with one attached hydrogen (secondary N) is 1. The monoisotopic (exact) mass is 180 g/mol. The minimum Gasteiger partial charge on any atom is -0.377 e. The Morgan fingerprint density at radius 1 is 1.31 bits per heavy atom. The van der Waals surface area contributed by atoms with Gasteiger partial charge >= 0.3 is 0 Å². The smallest absolute Gasteiger partial charge is 0.286 e. The first-order valence-corrected chi connectivity index (χ1v) is 4.72. The van der Waals surface area contributed by atoms with Crippen molar-refractivity contribution in [1.29, 1.82) is 0 Å². The second-order valence-corrected chi connectivity index (χ2v) is 3.82. The molecule has 1 aromatic heterocycles. The highest BCUT2D eigenvalue weighted by Crippen LogP contribution is 2.03. The molecule has 0 fully saturated rings. The standard InChI is InChI=1S/C10H18N3/c1-8(2)12-10-5-11-7-13(6-10)9(3)4/h5-9,12H,1-4H3/q+1. The zero-order valence-corrected chi connectivity index (χ0v) is 8.78. The molecule has 0 saturated heterocycles. The summed E-state index contributed by atoms with van der Waals surface area (Å²) in [5.74, 6) is 0. The number of hydrogen-bond acceptors (Lipinski definition) is 2. The summed E-state index contributed by atoms with van der Waals surface area (Å²) in [5, 5.41) is 3.32. The Hall–Kier alpha value is -1.12. The van der Waals surface area contributed by atoms with E-state index in [9.17, 15) is 0 Å². The summed E-state index contributed by atoms with van der Waals surface area (Å²) in [4.78, 5) is 4.16. The van der Waals surface area contributed by atoms with Crippen LogP contribution in [0.15, 0.2) is 18.7 Å². The van der Waals surface area contributed by atoms with Crippen molar-refractivity contribution in [2.24, 2.45) is 0 Å². The van der Waals surface area contributed by atoms with E-state index in [1.165, 1.54) is 0 Å². The summed E-state index contributed by atoms with van der Waals surface area (Å²) >= 11 is 0. The molecule has 0 aromatic carbocycles. The summed E-state index contributed by atoms with van der Waals surface area (Å²) in [7, 11) is 0. The number of anilines is 1. The lowest BCUT2D eigenvalue weighted by atomic mass is 10.3. The molecule has 0 aliphatic carbocycles. The van der Waals surface area contributed by atoms with Crippen LogP contribution >= 0.6 is 0 Å². The van der Waals surface area contributed by atoms with Crippen LogP contribution in [0.3, 0.4) is 0 Å². The van der Waals surface area contributed by atoms with Crippen LogP contribution in [0.5, 0.6) is 0 Å². The zero-order chi connectivity index (χ0) is 9.84. The van der Waals surface area contributed by atoms with Gasteiger partial charge in [0, 0.05) is 6.04 Å². The number of aromatic nitrogens is 2. The third kappa shape index (κ3) is 3.01. The van der Waals surface area contributed by atoms with E-state index < -0.39 is 0 Å². The second-order valence-electron chi connectivity index (χ2n) is 3.82. The van der Waals surface area contributed by atoms with Gasteiger partial charge in [-0.2, -0.15) is 0 Å². The van der Waals surface area contributed by atoms with Gasteiger partial charge in [0.1, 0.15) is 11.9 Å². The van der Waals surface area contributed by atoms with Crippen LogP contribution in [-0.4, -0.2) is 11.0 Å². The molecule has 1 heterocycles. The number of rotatable bonds is 3. The van der Waals surface area contributed by atoms with E-state index in [-0.39, 0.29) is 0 Å². The van der Waals surface area contributed by atoms with Crippen molar-refractivity contribution in [3.8, 4) is 0 Å². The highest BCUT2D eigenvalue weighted by atomic mass is 15.1. The Bertz CT molecular complexity index is 269. The molecule has 0 aliphatic heterocycles. The summed E-state index contributed by atoms with van der Waals surface area (Å²) in [6, 6.07) is 0.909. The first-order chi connectivity index (χ1) is 6.09. The van der Waals surface area contributed by atoms with E-state index in [1.54, 1.807) is 0 Å². The fourth-order valence-electron chi connectivity index (χ4n) is 1.11. The van der Waals surface area contributed by atoms with Crippen LogP contribution < -0.4 is 9.88 Å². The van der Waals surface area contributed by atoms with Gasteiger partial charge < -0.3 is 5.32 Å². The average Bonchev–Trinajstić information content (AvgIpc) is 2.03. The van der Waals surface area contributed by atoms with E-state index in [0.717, 1.165) is 5.69 Å². The third-order valence-electron chi connectivity index (χ3n) is 1.75. The molecular formula is C10H18N3+. The molecule has 0 unspecified atom stereocenters. The minimum atomic E-state index is 0.449. The van der Waals surface area contributed by atoms with Crippen molar-refractivity contribution in [2.45, 2.75) is 39.8 Å². The lowest BCUT2D eigenvalue weighted by Crippen LogP contribution is -2.36. The fraction of sp³-hybridized carbons (Fsp3) is 0.600. The molecule has 0 atom stereocenters. The molecule has 0 radical (unpaired) electrons. The molecule has 1 N–H and O–H groups in total. The van der Waals surface area contributed by atoms with E-state index in [4.69, 9.17) is 0 Å². The minimum absolute atomic E-state index is 0.449. The van der Waals surface area contributed by atoms with E-state index in [1.807, 2.05) is 12.5 Å². The van der Waals surface area contributed by atoms with Crippen LogP contribution in [0.2, 0.25) is 0 Å². The van der Waals surface area contributed by atoms with Gasteiger partial charge in [0.2, 0.25) is 0 Å². The first kappa shape index (κ1) is 9.96. The molecule has 3 nitrogen and oxygen atoms in total. The predicted octanol–water partition coefficient (Wildman–Crippen LogP) is 1.77. The average molecular weight is 180 g/mol. The molecule has 1 rings (SSSR count). The normalized spacial score (nSPS) is 10.9. The zero-order valence-electron chi connectivity index (χ0n) is 8.78. The van der Waals surface area contributed by atoms with Gasteiger partial charge in [-0.15, -0.1) is 0 Å². The molecule has 0 saturated carbocycles. The maximum Gasteiger partial charge on any atom is 0.286 e. The summed E-state index contributed by atoms with van der Waals surface area (Å²) < 4.78 is 2.09. The first-order valence-electron chi connectivity index (χ1n) is 4.72. The Morgan fingerprint density at radius 2 is 2.00 bits per heavy atom. The molecule has 0 bridgehead atoms. The van der Waals surface area contributed by atoms with Crippen molar-refractivity contribution in [2.75, 3.05) is 5.32 Å². The van der Waals surface area contributed by atoms with Crippen LogP contribution in [0.4, 0.5) is 5.69 Å². The fourth-order valence-corrected chi connectivity index (χ4v) is 1.11. The lowest BCUT2D eigenvalue weighted by molar-refractivity contribution is -0.718. The van der Waals surface area contributed by atoms with Gasteiger partial charge in [-0.25, -0.2) is 4.57 Å². The van der Waals surface area contributed by atoms with Gasteiger partial charge in [0.15, 0.2) is 6.20 Å². The quantitative estimate of drug-likeness (QED) is 0.718. The largest absolute Gasteiger partial charge is 0.377 e. The van der Waals surface area contributed by atoms with Gasteiger partial charge in [0.25, 0.3) is 6.33 Å². The number of nitrogens with zero attached hydrogens (tertiary/aromatic N) is 2. The van der Waals surface area contributed by atoms with Crippen LogP contribution in [0, 0.1) is 0 Å². The van der Waals surface area contributed by atoms with Crippen LogP contribution in [0.1, 0.15) is 33.7 Å². The SMILES string of the molecule is CC(C)Nc1cnc[n+](C(C)C)c1. The summed E-state index contributed by atoms with van der Waals surface area (Å²) in [6.07, 6.45) is 5.77. The van der Waals surface area contributed by atoms with E-state index in [0.29, 0.717) is 12.1 Å². The highest BCUT2D eigenvalue weighted by molar-refractivity contribution is 5.36. The molecular weight excluding hydrogens is 162 g/mol. The van der Waals surface area contributed by atoms with Crippen molar-refractivity contribution >= 4 is 5.69 Å². The topological polar surface area (TPSA) is 28.8 Å². The molecule has 0 spiro atoms. The molecule has 72 valence electrons. The van der Waals surface area contributed by atoms with Gasteiger partial charge in [-0.3, -0.25) is 0 Å². The lowest BCUT2D eigenvalue weighted by Gasteiger charge is -2.09. The van der Waals surface area contributed by atoms with Crippen molar-refractivity contribution in [3.63, 3.8) is 0 Å². The van der Waals surface area contributed by atoms with E-state index in [2.05, 4.69) is 48.8 Å². The second kappa shape index (κ2) is 4.21. The Balaban J connectivity index is 2.79. The highest BCUT2D eigenvalue weighted by Gasteiger charge is 2.05. The van der Waals surface area contributed by atoms with Gasteiger partial charge in [-0.1, -0.05) is 4.98 Å². The third-order valence-corrected chi connectivity index (χ3v) is 1.75. The predicted molar refractivity (Wildman–Crippen MR) is 53.6 cm³/mol. The summed E-state index contributed by atoms with van der Waals surface area (Å²) in [6.45, 7) is 8.51. The molecule has 0 aliphatic rings. The van der Waals surface area contributed by atoms with Crippen molar-refractivity contribution in [3.05, 3.63) is 18.7 Å². The number of hydrogen-bond donors (Lipinski definition) is 1. The molecule has 13 heavy (non-hydrogen) atoms. The maximum atomic E-state index is 4.16. The summed E-state index contributed by atoms with van der Waals surface area (Å²) in [5.41, 5.74) is 1.08. The molecule has 0 amide bonds. The van der Waals surface area contributed by atoms with Crippen LogP contribution in [-0.2, 0) is 0 Å². The Morgan fingerprint density at radius 3 is 2.54 bits per heavy atom. The Kier molecular flexibility index (Phi) is 3.23. The van der Waals surface area contributed by atoms with Crippen molar-refractivity contribution < 1.29 is 4.57 Å². The Labute approximate surface area is 79.8 Å². The van der Waals surface area contributed by atoms with Crippen LogP contribution in [0.25, 0.3) is 0 Å². The molecule has 1 aromatic rings. The van der Waals surface area contributed by atoms with Crippen molar-refractivity contribution in [1.82, 2.24) is 4.98 Å². The van der Waals surface area contributed by atoms with Gasteiger partial charge in [0.05, 0.1) is 6.04 Å². The maximum absolute atomic E-state index is 4.16. The van der Waals surface area contributed by atoms with E-state index >= 15 is 0 Å².